The highest BCUT2D eigenvalue weighted by Gasteiger charge is 2.22. The van der Waals surface area contributed by atoms with Crippen LogP contribution in [0.15, 0.2) is 42.1 Å². The first-order valence-electron chi connectivity index (χ1n) is 8.74. The summed E-state index contributed by atoms with van der Waals surface area (Å²) in [5, 5.41) is 9.49. The maximum Gasteiger partial charge on any atom is 0.266 e. The van der Waals surface area contributed by atoms with Gasteiger partial charge in [-0.25, -0.2) is 0 Å². The van der Waals surface area contributed by atoms with E-state index < -0.39 is 0 Å². The van der Waals surface area contributed by atoms with Gasteiger partial charge < -0.3 is 9.80 Å². The SMILES string of the molecule is CCCN(/C=C(/C#N)C(=O)N(Cc1ccccc1)C(C)C)CCC. The van der Waals surface area contributed by atoms with Crippen LogP contribution in [0.25, 0.3) is 0 Å². The molecule has 0 bridgehead atoms. The van der Waals surface area contributed by atoms with E-state index in [2.05, 4.69) is 24.8 Å². The van der Waals surface area contributed by atoms with E-state index in [0.29, 0.717) is 6.54 Å². The van der Waals surface area contributed by atoms with Gasteiger partial charge in [0.25, 0.3) is 5.91 Å². The first-order valence-corrected chi connectivity index (χ1v) is 8.74. The Balaban J connectivity index is 2.99. The van der Waals surface area contributed by atoms with Crippen LogP contribution in [0.4, 0.5) is 0 Å². The molecular formula is C20H29N3O. The fourth-order valence-electron chi connectivity index (χ4n) is 2.55. The molecule has 1 aromatic carbocycles. The van der Waals surface area contributed by atoms with Crippen molar-refractivity contribution in [2.75, 3.05) is 13.1 Å². The molecule has 1 aromatic rings. The van der Waals surface area contributed by atoms with Gasteiger partial charge in [-0.15, -0.1) is 0 Å². The lowest BCUT2D eigenvalue weighted by Crippen LogP contribution is -2.37. The van der Waals surface area contributed by atoms with Crippen LogP contribution in [0.5, 0.6) is 0 Å². The Kier molecular flexibility index (Phi) is 8.64. The van der Waals surface area contributed by atoms with Crippen LogP contribution >= 0.6 is 0 Å². The van der Waals surface area contributed by atoms with Gasteiger partial charge in [0.1, 0.15) is 11.6 Å². The molecule has 0 radical (unpaired) electrons. The van der Waals surface area contributed by atoms with Crippen molar-refractivity contribution in [3.05, 3.63) is 47.7 Å². The fourth-order valence-corrected chi connectivity index (χ4v) is 2.55. The summed E-state index contributed by atoms with van der Waals surface area (Å²) >= 11 is 0. The molecule has 0 saturated heterocycles. The number of hydrogen-bond donors (Lipinski definition) is 0. The monoisotopic (exact) mass is 327 g/mol. The lowest BCUT2D eigenvalue weighted by Gasteiger charge is -2.27. The molecule has 1 amide bonds. The van der Waals surface area contributed by atoms with E-state index in [1.165, 1.54) is 0 Å². The zero-order valence-electron chi connectivity index (χ0n) is 15.3. The molecular weight excluding hydrogens is 298 g/mol. The van der Waals surface area contributed by atoms with Crippen molar-refractivity contribution in [3.8, 4) is 6.07 Å². The summed E-state index contributed by atoms with van der Waals surface area (Å²) in [4.78, 5) is 16.7. The lowest BCUT2D eigenvalue weighted by atomic mass is 10.1. The third kappa shape index (κ3) is 6.08. The Morgan fingerprint density at radius 2 is 1.75 bits per heavy atom. The molecule has 24 heavy (non-hydrogen) atoms. The predicted molar refractivity (Wildman–Crippen MR) is 98.0 cm³/mol. The molecule has 0 spiro atoms. The summed E-state index contributed by atoms with van der Waals surface area (Å²) in [7, 11) is 0. The van der Waals surface area contributed by atoms with Gasteiger partial charge >= 0.3 is 0 Å². The molecule has 4 heteroatoms. The lowest BCUT2D eigenvalue weighted by molar-refractivity contribution is -0.129. The summed E-state index contributed by atoms with van der Waals surface area (Å²) < 4.78 is 0. The Hall–Kier alpha value is -2.28. The standard InChI is InChI=1S/C20H29N3O/c1-5-12-22(13-6-2)16-19(14-21)20(24)23(17(3)4)15-18-10-8-7-9-11-18/h7-11,16-17H,5-6,12-13,15H2,1-4H3/b19-16-. The Morgan fingerprint density at radius 1 is 1.17 bits per heavy atom. The summed E-state index contributed by atoms with van der Waals surface area (Å²) in [6, 6.07) is 12.0. The average Bonchev–Trinajstić information content (AvgIpc) is 2.58. The van der Waals surface area contributed by atoms with Crippen LogP contribution in [0.2, 0.25) is 0 Å². The van der Waals surface area contributed by atoms with Gasteiger partial charge in [0.15, 0.2) is 0 Å². The largest absolute Gasteiger partial charge is 0.376 e. The molecule has 0 unspecified atom stereocenters. The Morgan fingerprint density at radius 3 is 2.21 bits per heavy atom. The molecule has 0 aliphatic carbocycles. The van der Waals surface area contributed by atoms with Gasteiger partial charge in [0.05, 0.1) is 0 Å². The molecule has 0 saturated carbocycles. The van der Waals surface area contributed by atoms with E-state index in [9.17, 15) is 10.1 Å². The average molecular weight is 327 g/mol. The highest BCUT2D eigenvalue weighted by molar-refractivity contribution is 5.97. The smallest absolute Gasteiger partial charge is 0.266 e. The minimum Gasteiger partial charge on any atom is -0.376 e. The van der Waals surface area contributed by atoms with Gasteiger partial charge in [-0.2, -0.15) is 5.26 Å². The summed E-state index contributed by atoms with van der Waals surface area (Å²) in [6.07, 6.45) is 3.71. The van der Waals surface area contributed by atoms with Crippen LogP contribution in [0, 0.1) is 11.3 Å². The highest BCUT2D eigenvalue weighted by atomic mass is 16.2. The van der Waals surface area contributed by atoms with Crippen LogP contribution in [0.1, 0.15) is 46.1 Å². The number of benzene rings is 1. The summed E-state index contributed by atoms with van der Waals surface area (Å²) in [5.74, 6) is -0.200. The molecule has 0 fully saturated rings. The van der Waals surface area contributed by atoms with Crippen molar-refractivity contribution >= 4 is 5.91 Å². The second-order valence-electron chi connectivity index (χ2n) is 6.20. The van der Waals surface area contributed by atoms with Gasteiger partial charge in [0.2, 0.25) is 0 Å². The van der Waals surface area contributed by atoms with Crippen molar-refractivity contribution < 1.29 is 4.79 Å². The van der Waals surface area contributed by atoms with E-state index in [1.807, 2.05) is 44.2 Å². The molecule has 0 aliphatic heterocycles. The van der Waals surface area contributed by atoms with E-state index in [0.717, 1.165) is 31.5 Å². The quantitative estimate of drug-likeness (QED) is 0.509. The number of nitriles is 1. The number of carbonyl (C=O) groups excluding carboxylic acids is 1. The predicted octanol–water partition coefficient (Wildman–Crippen LogP) is 3.95. The van der Waals surface area contributed by atoms with Gasteiger partial charge in [-0.05, 0) is 32.3 Å². The first kappa shape index (κ1) is 19.8. The van der Waals surface area contributed by atoms with Crippen LogP contribution < -0.4 is 0 Å². The van der Waals surface area contributed by atoms with Crippen LogP contribution in [-0.4, -0.2) is 34.8 Å². The molecule has 0 aliphatic rings. The molecule has 0 atom stereocenters. The summed E-state index contributed by atoms with van der Waals surface area (Å²) in [6.45, 7) is 10.4. The van der Waals surface area contributed by atoms with Crippen molar-refractivity contribution in [1.29, 1.82) is 5.26 Å². The maximum absolute atomic E-state index is 12.9. The topological polar surface area (TPSA) is 47.3 Å². The van der Waals surface area contributed by atoms with Crippen molar-refractivity contribution in [2.24, 2.45) is 0 Å². The molecule has 0 N–H and O–H groups in total. The number of amides is 1. The normalized spacial score (nSPS) is 11.2. The van der Waals surface area contributed by atoms with Crippen molar-refractivity contribution in [3.63, 3.8) is 0 Å². The Labute approximate surface area is 146 Å². The third-order valence-electron chi connectivity index (χ3n) is 3.76. The molecule has 4 nitrogen and oxygen atoms in total. The number of nitrogens with zero attached hydrogens (tertiary/aromatic N) is 3. The highest BCUT2D eigenvalue weighted by Crippen LogP contribution is 2.13. The van der Waals surface area contributed by atoms with E-state index in [4.69, 9.17) is 0 Å². The fraction of sp³-hybridized carbons (Fsp3) is 0.500. The first-order chi connectivity index (χ1) is 11.5. The molecule has 0 heterocycles. The number of carbonyl (C=O) groups is 1. The van der Waals surface area contributed by atoms with E-state index in [1.54, 1.807) is 11.1 Å². The molecule has 0 aromatic heterocycles. The minimum absolute atomic E-state index is 0.0280. The van der Waals surface area contributed by atoms with E-state index >= 15 is 0 Å². The maximum atomic E-state index is 12.9. The number of hydrogen-bond acceptors (Lipinski definition) is 3. The zero-order chi connectivity index (χ0) is 17.9. The summed E-state index contributed by atoms with van der Waals surface area (Å²) in [5.41, 5.74) is 1.28. The Bertz CT molecular complexity index is 566. The van der Waals surface area contributed by atoms with Crippen LogP contribution in [-0.2, 0) is 11.3 Å². The van der Waals surface area contributed by atoms with Crippen molar-refractivity contribution in [1.82, 2.24) is 9.80 Å². The minimum atomic E-state index is -0.200. The van der Waals surface area contributed by atoms with E-state index in [-0.39, 0.29) is 17.5 Å². The van der Waals surface area contributed by atoms with Crippen molar-refractivity contribution in [2.45, 2.75) is 53.1 Å². The second kappa shape index (κ2) is 10.5. The molecule has 130 valence electrons. The molecule has 1 rings (SSSR count). The third-order valence-corrected chi connectivity index (χ3v) is 3.76. The number of rotatable bonds is 9. The second-order valence-corrected chi connectivity index (χ2v) is 6.20. The zero-order valence-corrected chi connectivity index (χ0v) is 15.3. The van der Waals surface area contributed by atoms with Crippen LogP contribution in [0.3, 0.4) is 0 Å². The van der Waals surface area contributed by atoms with Gasteiger partial charge in [0, 0.05) is 31.9 Å². The van der Waals surface area contributed by atoms with Gasteiger partial charge in [-0.3, -0.25) is 4.79 Å². The van der Waals surface area contributed by atoms with Gasteiger partial charge in [-0.1, -0.05) is 44.2 Å².